The van der Waals surface area contributed by atoms with Crippen molar-refractivity contribution in [3.63, 3.8) is 0 Å². The van der Waals surface area contributed by atoms with Crippen molar-refractivity contribution in [3.8, 4) is 11.3 Å². The Balaban J connectivity index is 1.33. The van der Waals surface area contributed by atoms with Crippen LogP contribution in [0.15, 0.2) is 73.2 Å². The Morgan fingerprint density at radius 2 is 2.05 bits per heavy atom. The third-order valence-corrected chi connectivity index (χ3v) is 6.32. The van der Waals surface area contributed by atoms with Crippen molar-refractivity contribution in [1.29, 1.82) is 0 Å². The van der Waals surface area contributed by atoms with Crippen LogP contribution in [0.2, 0.25) is 0 Å². The molecule has 1 aromatic carbocycles. The number of hydrogen-bond acceptors (Lipinski definition) is 10. The van der Waals surface area contributed by atoms with Gasteiger partial charge in [0.25, 0.3) is 0 Å². The fraction of sp³-hybridized carbons (Fsp3) is 0.276. The molecule has 1 fully saturated rings. The number of morpholine rings is 1. The molecule has 4 heterocycles. The van der Waals surface area contributed by atoms with E-state index in [4.69, 9.17) is 9.72 Å². The molecule has 1 unspecified atom stereocenters. The van der Waals surface area contributed by atoms with Crippen LogP contribution in [0.5, 0.6) is 0 Å². The number of ether oxygens (including phenoxy) is 1. The molecule has 3 N–H and O–H groups in total. The number of aliphatic hydroxyl groups is 1. The van der Waals surface area contributed by atoms with E-state index in [1.54, 1.807) is 24.7 Å². The maximum absolute atomic E-state index is 12.3. The molecular weight excluding hydrogens is 508 g/mol. The lowest BCUT2D eigenvalue weighted by Crippen LogP contribution is -2.44. The van der Waals surface area contributed by atoms with Gasteiger partial charge in [-0.3, -0.25) is 9.78 Å². The zero-order valence-electron chi connectivity index (χ0n) is 22.5. The zero-order chi connectivity index (χ0) is 27.9. The van der Waals surface area contributed by atoms with Crippen molar-refractivity contribution in [2.24, 2.45) is 0 Å². The molecule has 0 aliphatic carbocycles. The van der Waals surface area contributed by atoms with Gasteiger partial charge in [0, 0.05) is 54.7 Å². The van der Waals surface area contributed by atoms with Crippen molar-refractivity contribution < 1.29 is 14.6 Å². The van der Waals surface area contributed by atoms with Gasteiger partial charge in [0.05, 0.1) is 42.4 Å². The van der Waals surface area contributed by atoms with Crippen molar-refractivity contribution in [1.82, 2.24) is 24.8 Å². The number of carbonyl (C=O) groups is 1. The van der Waals surface area contributed by atoms with Crippen molar-refractivity contribution in [3.05, 3.63) is 73.2 Å². The van der Waals surface area contributed by atoms with Gasteiger partial charge in [-0.05, 0) is 38.4 Å². The highest BCUT2D eigenvalue weighted by Crippen LogP contribution is 2.28. The second kappa shape index (κ2) is 12.6. The monoisotopic (exact) mass is 540 g/mol. The number of aliphatic hydroxyl groups excluding tert-OH is 1. The summed E-state index contributed by atoms with van der Waals surface area (Å²) in [6.07, 6.45) is 8.30. The first-order valence-electron chi connectivity index (χ1n) is 13.0. The Hall–Kier alpha value is -4.45. The van der Waals surface area contributed by atoms with E-state index in [-0.39, 0.29) is 18.6 Å². The van der Waals surface area contributed by atoms with Crippen LogP contribution < -0.4 is 15.5 Å². The predicted octanol–water partition coefficient (Wildman–Crippen LogP) is 3.08. The van der Waals surface area contributed by atoms with Gasteiger partial charge in [-0.15, -0.1) is 0 Å². The number of carbonyl (C=O) groups excluding carboxylic acids is 1. The van der Waals surface area contributed by atoms with Crippen molar-refractivity contribution in [2.45, 2.75) is 6.10 Å². The van der Waals surface area contributed by atoms with Crippen molar-refractivity contribution in [2.75, 3.05) is 62.5 Å². The molecule has 4 aromatic rings. The fourth-order valence-electron chi connectivity index (χ4n) is 4.35. The summed E-state index contributed by atoms with van der Waals surface area (Å²) in [5.74, 6) is 1.05. The molecule has 0 spiro atoms. The first-order chi connectivity index (χ1) is 19.5. The average molecular weight is 541 g/mol. The lowest BCUT2D eigenvalue weighted by atomic mass is 10.1. The number of likely N-dealkylation sites (N-methyl/N-ethyl adjacent to an activating group) is 1. The second-order valence-corrected chi connectivity index (χ2v) is 9.67. The first-order valence-corrected chi connectivity index (χ1v) is 13.0. The summed E-state index contributed by atoms with van der Waals surface area (Å²) in [4.78, 5) is 34.8. The summed E-state index contributed by atoms with van der Waals surface area (Å²) < 4.78 is 5.53. The molecule has 3 aromatic heterocycles. The fourth-order valence-corrected chi connectivity index (χ4v) is 4.35. The van der Waals surface area contributed by atoms with Gasteiger partial charge in [0.15, 0.2) is 0 Å². The van der Waals surface area contributed by atoms with Gasteiger partial charge >= 0.3 is 0 Å². The number of aromatic nitrogens is 4. The molecule has 5 rings (SSSR count). The van der Waals surface area contributed by atoms with Gasteiger partial charge in [0.2, 0.25) is 11.9 Å². The number of para-hydroxylation sites is 1. The minimum atomic E-state index is -0.204. The van der Waals surface area contributed by atoms with Crippen LogP contribution in [0.1, 0.15) is 0 Å². The molecular formula is C29H32N8O3. The minimum absolute atomic E-state index is 0.0136. The average Bonchev–Trinajstić information content (AvgIpc) is 2.97. The Kier molecular flexibility index (Phi) is 8.55. The van der Waals surface area contributed by atoms with E-state index in [9.17, 15) is 9.90 Å². The number of nitrogens with one attached hydrogen (secondary N) is 2. The minimum Gasteiger partial charge on any atom is -0.394 e. The molecule has 40 heavy (non-hydrogen) atoms. The third-order valence-electron chi connectivity index (χ3n) is 6.32. The van der Waals surface area contributed by atoms with Gasteiger partial charge in [-0.25, -0.2) is 15.0 Å². The Labute approximate surface area is 232 Å². The van der Waals surface area contributed by atoms with Crippen LogP contribution in [0, 0.1) is 0 Å². The topological polar surface area (TPSA) is 129 Å². The summed E-state index contributed by atoms with van der Waals surface area (Å²) in [6.45, 7) is 2.54. The van der Waals surface area contributed by atoms with Crippen LogP contribution in [0.4, 0.5) is 23.1 Å². The quantitative estimate of drug-likeness (QED) is 0.273. The number of pyridine rings is 2. The van der Waals surface area contributed by atoms with Crippen molar-refractivity contribution >= 4 is 40.0 Å². The summed E-state index contributed by atoms with van der Waals surface area (Å²) in [6, 6.07) is 13.3. The van der Waals surface area contributed by atoms with Crippen LogP contribution in [-0.2, 0) is 9.53 Å². The Bertz CT molecular complexity index is 1490. The number of rotatable bonds is 9. The number of nitrogens with zero attached hydrogens (tertiary/aromatic N) is 6. The van der Waals surface area contributed by atoms with E-state index in [2.05, 4.69) is 30.5 Å². The Morgan fingerprint density at radius 3 is 2.85 bits per heavy atom. The molecule has 1 amide bonds. The normalized spacial score (nSPS) is 15.6. The van der Waals surface area contributed by atoms with Gasteiger partial charge in [-0.1, -0.05) is 24.3 Å². The van der Waals surface area contributed by atoms with Crippen LogP contribution >= 0.6 is 0 Å². The first kappa shape index (κ1) is 27.1. The van der Waals surface area contributed by atoms with E-state index in [0.717, 1.165) is 34.5 Å². The summed E-state index contributed by atoms with van der Waals surface area (Å²) in [5.41, 5.74) is 3.63. The summed E-state index contributed by atoms with van der Waals surface area (Å²) in [7, 11) is 3.89. The predicted molar refractivity (Wildman–Crippen MR) is 156 cm³/mol. The highest BCUT2D eigenvalue weighted by Gasteiger charge is 2.20. The van der Waals surface area contributed by atoms with Crippen LogP contribution in [0.3, 0.4) is 0 Å². The number of anilines is 4. The number of hydrogen-bond donors (Lipinski definition) is 3. The molecule has 206 valence electrons. The van der Waals surface area contributed by atoms with Crippen LogP contribution in [-0.4, -0.2) is 88.9 Å². The Morgan fingerprint density at radius 1 is 1.15 bits per heavy atom. The molecule has 0 saturated carbocycles. The third kappa shape index (κ3) is 6.75. The lowest BCUT2D eigenvalue weighted by Gasteiger charge is -2.32. The molecule has 1 aliphatic heterocycles. The van der Waals surface area contributed by atoms with Gasteiger partial charge in [0.1, 0.15) is 5.82 Å². The van der Waals surface area contributed by atoms with Gasteiger partial charge < -0.3 is 30.3 Å². The molecule has 11 heteroatoms. The molecule has 1 atom stereocenters. The number of amides is 1. The molecule has 1 saturated heterocycles. The molecule has 11 nitrogen and oxygen atoms in total. The summed E-state index contributed by atoms with van der Waals surface area (Å²) >= 11 is 0. The van der Waals surface area contributed by atoms with E-state index < -0.39 is 0 Å². The standard InChI is InChI=1S/C29H32N8O3/c1-36(2)12-4-7-27(39)33-21-10-11-30-25(15-21)24-6-3-5-20-16-32-29(35-28(20)24)34-22-8-9-26(31-17-22)37-13-14-40-23(18-37)19-38/h3-11,15-17,23,38H,12-14,18-19H2,1-2H3,(H,30,33,39)(H,32,34,35)/b7-4+. The molecule has 0 bridgehead atoms. The number of benzene rings is 1. The second-order valence-electron chi connectivity index (χ2n) is 9.67. The maximum Gasteiger partial charge on any atom is 0.248 e. The van der Waals surface area contributed by atoms with E-state index in [1.165, 1.54) is 6.08 Å². The van der Waals surface area contributed by atoms with E-state index in [1.807, 2.05) is 61.5 Å². The smallest absolute Gasteiger partial charge is 0.248 e. The number of fused-ring (bicyclic) bond motifs is 1. The zero-order valence-corrected chi connectivity index (χ0v) is 22.5. The highest BCUT2D eigenvalue weighted by molar-refractivity contribution is 6.00. The lowest BCUT2D eigenvalue weighted by molar-refractivity contribution is -0.111. The largest absolute Gasteiger partial charge is 0.394 e. The van der Waals surface area contributed by atoms with E-state index in [0.29, 0.717) is 37.0 Å². The highest BCUT2D eigenvalue weighted by atomic mass is 16.5. The maximum atomic E-state index is 12.3. The summed E-state index contributed by atoms with van der Waals surface area (Å²) in [5, 5.41) is 16.4. The van der Waals surface area contributed by atoms with Crippen LogP contribution in [0.25, 0.3) is 22.2 Å². The SMILES string of the molecule is CN(C)C/C=C/C(=O)Nc1ccnc(-c2cccc3cnc(Nc4ccc(N5CCOC(CO)C5)nc4)nc23)c1. The van der Waals surface area contributed by atoms with E-state index >= 15 is 0 Å². The molecule has 0 radical (unpaired) electrons. The molecule has 1 aliphatic rings. The van der Waals surface area contributed by atoms with Gasteiger partial charge in [-0.2, -0.15) is 0 Å².